The maximum absolute atomic E-state index is 12.1. The average molecular weight is 292 g/mol. The Morgan fingerprint density at radius 1 is 1.40 bits per heavy atom. The van der Waals surface area contributed by atoms with E-state index in [0.717, 1.165) is 5.75 Å². The first-order valence-electron chi connectivity index (χ1n) is 6.47. The van der Waals surface area contributed by atoms with Crippen molar-refractivity contribution in [2.45, 2.75) is 25.8 Å². The molecule has 2 rings (SSSR count). The van der Waals surface area contributed by atoms with Crippen molar-refractivity contribution in [1.29, 1.82) is 0 Å². The molecule has 2 amide bonds. The van der Waals surface area contributed by atoms with Gasteiger partial charge in [-0.2, -0.15) is 0 Å². The molecular weight excluding hydrogens is 276 g/mol. The van der Waals surface area contributed by atoms with Crippen molar-refractivity contribution in [2.24, 2.45) is 0 Å². The van der Waals surface area contributed by atoms with Gasteiger partial charge in [0.05, 0.1) is 6.04 Å². The Balaban J connectivity index is 2.04. The highest BCUT2D eigenvalue weighted by molar-refractivity contribution is 8.14. The van der Waals surface area contributed by atoms with E-state index in [1.54, 1.807) is 31.2 Å². The lowest BCUT2D eigenvalue weighted by molar-refractivity contribution is -0.116. The Morgan fingerprint density at radius 2 is 2.20 bits per heavy atom. The summed E-state index contributed by atoms with van der Waals surface area (Å²) in [7, 11) is 0. The molecule has 1 aromatic rings. The van der Waals surface area contributed by atoms with Gasteiger partial charge in [-0.15, -0.1) is 0 Å². The first kappa shape index (κ1) is 14.6. The summed E-state index contributed by atoms with van der Waals surface area (Å²) in [6.07, 6.45) is 1.05. The maximum atomic E-state index is 12.1. The van der Waals surface area contributed by atoms with E-state index in [4.69, 9.17) is 0 Å². The monoisotopic (exact) mass is 292 g/mol. The van der Waals surface area contributed by atoms with Crippen LogP contribution in [0.5, 0.6) is 0 Å². The second-order valence-corrected chi connectivity index (χ2v) is 5.56. The molecule has 0 aliphatic carbocycles. The number of rotatable bonds is 4. The summed E-state index contributed by atoms with van der Waals surface area (Å²) in [5.41, 5.74) is 1.01. The molecule has 0 saturated carbocycles. The summed E-state index contributed by atoms with van der Waals surface area (Å²) >= 11 is 1.25. The van der Waals surface area contributed by atoms with Gasteiger partial charge < -0.3 is 10.6 Å². The number of carbonyl (C=O) groups is 3. The molecule has 106 valence electrons. The van der Waals surface area contributed by atoms with Crippen LogP contribution in [0.3, 0.4) is 0 Å². The fourth-order valence-electron chi connectivity index (χ4n) is 1.86. The molecule has 1 aliphatic heterocycles. The third kappa shape index (κ3) is 3.60. The van der Waals surface area contributed by atoms with Crippen LogP contribution < -0.4 is 10.6 Å². The van der Waals surface area contributed by atoms with E-state index >= 15 is 0 Å². The SMILES string of the molecule is CCC(=O)Nc1cccc(C(=O)NC2CCSC2=O)c1. The molecule has 1 heterocycles. The molecule has 0 aromatic heterocycles. The molecule has 20 heavy (non-hydrogen) atoms. The van der Waals surface area contributed by atoms with Crippen molar-refractivity contribution in [3.63, 3.8) is 0 Å². The van der Waals surface area contributed by atoms with Crippen molar-refractivity contribution in [1.82, 2.24) is 5.32 Å². The fraction of sp³-hybridized carbons (Fsp3) is 0.357. The number of hydrogen-bond acceptors (Lipinski definition) is 4. The van der Waals surface area contributed by atoms with Crippen LogP contribution in [0, 0.1) is 0 Å². The van der Waals surface area contributed by atoms with Gasteiger partial charge in [0.1, 0.15) is 0 Å². The molecule has 2 N–H and O–H groups in total. The third-order valence-electron chi connectivity index (χ3n) is 2.97. The number of amides is 2. The molecule has 1 saturated heterocycles. The highest BCUT2D eigenvalue weighted by Gasteiger charge is 2.27. The number of thioether (sulfide) groups is 1. The summed E-state index contributed by atoms with van der Waals surface area (Å²) in [5.74, 6) is 0.347. The standard InChI is InChI=1S/C14H16N2O3S/c1-2-12(17)15-10-5-3-4-9(8-10)13(18)16-11-6-7-20-14(11)19/h3-5,8,11H,2,6-7H2,1H3,(H,15,17)(H,16,18). The minimum atomic E-state index is -0.401. The van der Waals surface area contributed by atoms with Crippen LogP contribution in [0.15, 0.2) is 24.3 Å². The van der Waals surface area contributed by atoms with E-state index in [1.807, 2.05) is 0 Å². The predicted molar refractivity (Wildman–Crippen MR) is 78.7 cm³/mol. The van der Waals surface area contributed by atoms with E-state index in [-0.39, 0.29) is 16.9 Å². The molecule has 0 bridgehead atoms. The van der Waals surface area contributed by atoms with Crippen LogP contribution in [-0.4, -0.2) is 28.7 Å². The highest BCUT2D eigenvalue weighted by Crippen LogP contribution is 2.20. The number of benzene rings is 1. The minimum Gasteiger partial charge on any atom is -0.341 e. The molecular formula is C14H16N2O3S. The lowest BCUT2D eigenvalue weighted by atomic mass is 10.1. The molecule has 1 aromatic carbocycles. The van der Waals surface area contributed by atoms with Gasteiger partial charge in [0.2, 0.25) is 11.0 Å². The quantitative estimate of drug-likeness (QED) is 0.887. The molecule has 1 aliphatic rings. The zero-order chi connectivity index (χ0) is 14.5. The van der Waals surface area contributed by atoms with Crippen LogP contribution in [0.4, 0.5) is 5.69 Å². The average Bonchev–Trinajstić information content (AvgIpc) is 2.84. The van der Waals surface area contributed by atoms with E-state index < -0.39 is 6.04 Å². The number of anilines is 1. The van der Waals surface area contributed by atoms with Crippen molar-refractivity contribution < 1.29 is 14.4 Å². The first-order chi connectivity index (χ1) is 9.60. The van der Waals surface area contributed by atoms with Crippen molar-refractivity contribution in [3.05, 3.63) is 29.8 Å². The Morgan fingerprint density at radius 3 is 2.85 bits per heavy atom. The zero-order valence-electron chi connectivity index (χ0n) is 11.1. The van der Waals surface area contributed by atoms with Gasteiger partial charge in [-0.25, -0.2) is 0 Å². The fourth-order valence-corrected chi connectivity index (χ4v) is 2.79. The van der Waals surface area contributed by atoms with Crippen LogP contribution >= 0.6 is 11.8 Å². The summed E-state index contributed by atoms with van der Waals surface area (Å²) in [4.78, 5) is 34.9. The van der Waals surface area contributed by atoms with E-state index in [1.165, 1.54) is 11.8 Å². The summed E-state index contributed by atoms with van der Waals surface area (Å²) in [5, 5.41) is 5.42. The van der Waals surface area contributed by atoms with E-state index in [9.17, 15) is 14.4 Å². The molecule has 0 spiro atoms. The van der Waals surface area contributed by atoms with Crippen molar-refractivity contribution in [2.75, 3.05) is 11.1 Å². The minimum absolute atomic E-state index is 0.00814. The van der Waals surface area contributed by atoms with Crippen LogP contribution in [0.2, 0.25) is 0 Å². The molecule has 1 unspecified atom stereocenters. The van der Waals surface area contributed by atoms with Gasteiger partial charge in [-0.3, -0.25) is 14.4 Å². The highest BCUT2D eigenvalue weighted by atomic mass is 32.2. The maximum Gasteiger partial charge on any atom is 0.251 e. The summed E-state index contributed by atoms with van der Waals surface area (Å²) in [6.45, 7) is 1.76. The Bertz CT molecular complexity index is 545. The zero-order valence-corrected chi connectivity index (χ0v) is 12.0. The normalized spacial score (nSPS) is 17.9. The van der Waals surface area contributed by atoms with Gasteiger partial charge in [-0.05, 0) is 24.6 Å². The van der Waals surface area contributed by atoms with Crippen molar-refractivity contribution in [3.8, 4) is 0 Å². The number of hydrogen-bond donors (Lipinski definition) is 2. The largest absolute Gasteiger partial charge is 0.341 e. The molecule has 1 atom stereocenters. The van der Waals surface area contributed by atoms with Crippen LogP contribution in [-0.2, 0) is 9.59 Å². The smallest absolute Gasteiger partial charge is 0.251 e. The van der Waals surface area contributed by atoms with E-state index in [2.05, 4.69) is 10.6 Å². The number of carbonyl (C=O) groups excluding carboxylic acids is 3. The summed E-state index contributed by atoms with van der Waals surface area (Å²) in [6, 6.07) is 6.28. The third-order valence-corrected chi connectivity index (χ3v) is 3.98. The Kier molecular flexibility index (Phi) is 4.79. The van der Waals surface area contributed by atoms with Gasteiger partial charge in [-0.1, -0.05) is 24.8 Å². The number of nitrogens with one attached hydrogen (secondary N) is 2. The molecule has 1 fully saturated rings. The second-order valence-electron chi connectivity index (χ2n) is 4.46. The second kappa shape index (κ2) is 6.56. The van der Waals surface area contributed by atoms with Crippen LogP contribution in [0.1, 0.15) is 30.1 Å². The van der Waals surface area contributed by atoms with E-state index in [0.29, 0.717) is 24.1 Å². The molecule has 5 nitrogen and oxygen atoms in total. The molecule has 0 radical (unpaired) electrons. The Hall–Kier alpha value is -1.82. The van der Waals surface area contributed by atoms with Gasteiger partial charge in [0, 0.05) is 23.4 Å². The van der Waals surface area contributed by atoms with Gasteiger partial charge in [0.15, 0.2) is 0 Å². The summed E-state index contributed by atoms with van der Waals surface area (Å²) < 4.78 is 0. The predicted octanol–water partition coefficient (Wildman–Crippen LogP) is 1.80. The van der Waals surface area contributed by atoms with Gasteiger partial charge in [0.25, 0.3) is 5.91 Å². The lowest BCUT2D eigenvalue weighted by Gasteiger charge is -2.11. The van der Waals surface area contributed by atoms with Crippen LogP contribution in [0.25, 0.3) is 0 Å². The topological polar surface area (TPSA) is 75.3 Å². The lowest BCUT2D eigenvalue weighted by Crippen LogP contribution is -2.37. The Labute approximate surface area is 121 Å². The first-order valence-corrected chi connectivity index (χ1v) is 7.46. The van der Waals surface area contributed by atoms with Gasteiger partial charge >= 0.3 is 0 Å². The van der Waals surface area contributed by atoms with Crippen molar-refractivity contribution >= 4 is 34.4 Å². The molecule has 6 heteroatoms.